The minimum Gasteiger partial charge on any atom is -0.345 e. The van der Waals surface area contributed by atoms with Gasteiger partial charge in [-0.2, -0.15) is 0 Å². The van der Waals surface area contributed by atoms with E-state index in [9.17, 15) is 0 Å². The van der Waals surface area contributed by atoms with Crippen molar-refractivity contribution in [3.8, 4) is 0 Å². The fourth-order valence-electron chi connectivity index (χ4n) is 2.94. The molecular weight excluding hydrogens is 262 g/mol. The van der Waals surface area contributed by atoms with Gasteiger partial charge in [0.05, 0.1) is 13.2 Å². The molecule has 1 aromatic carbocycles. The highest BCUT2D eigenvalue weighted by Gasteiger charge is 2.38. The smallest absolute Gasteiger partial charge is 0.169 e. The molecule has 0 saturated carbocycles. The number of piperidine rings is 1. The molecule has 0 radical (unpaired) electrons. The second-order valence-electron chi connectivity index (χ2n) is 5.53. The summed E-state index contributed by atoms with van der Waals surface area (Å²) in [5, 5.41) is 4.14. The molecule has 1 atom stereocenters. The Bertz CT molecular complexity index is 459. The van der Waals surface area contributed by atoms with E-state index < -0.39 is 5.79 Å². The molecule has 2 aliphatic heterocycles. The van der Waals surface area contributed by atoms with Crippen LogP contribution in [0.15, 0.2) is 18.2 Å². The molecule has 0 amide bonds. The molecule has 4 heteroatoms. The van der Waals surface area contributed by atoms with Gasteiger partial charge in [0.2, 0.25) is 0 Å². The quantitative estimate of drug-likeness (QED) is 0.858. The summed E-state index contributed by atoms with van der Waals surface area (Å²) in [4.78, 5) is 0. The van der Waals surface area contributed by atoms with Crippen molar-refractivity contribution in [2.45, 2.75) is 38.8 Å². The highest BCUT2D eigenvalue weighted by Crippen LogP contribution is 2.35. The minimum atomic E-state index is -0.479. The van der Waals surface area contributed by atoms with Crippen LogP contribution in [0.2, 0.25) is 5.02 Å². The highest BCUT2D eigenvalue weighted by atomic mass is 35.5. The third kappa shape index (κ3) is 2.79. The lowest BCUT2D eigenvalue weighted by Gasteiger charge is -2.38. The topological polar surface area (TPSA) is 30.5 Å². The van der Waals surface area contributed by atoms with E-state index in [0.29, 0.717) is 19.1 Å². The Morgan fingerprint density at radius 2 is 1.84 bits per heavy atom. The number of nitrogens with one attached hydrogen (secondary N) is 1. The maximum atomic E-state index is 6.10. The highest BCUT2D eigenvalue weighted by molar-refractivity contribution is 6.30. The number of fused-ring (bicyclic) bond motifs is 1. The van der Waals surface area contributed by atoms with Crippen molar-refractivity contribution in [1.29, 1.82) is 0 Å². The van der Waals surface area contributed by atoms with Crippen LogP contribution in [0.1, 0.15) is 30.9 Å². The van der Waals surface area contributed by atoms with E-state index in [1.807, 2.05) is 18.2 Å². The third-order valence-corrected chi connectivity index (χ3v) is 4.51. The van der Waals surface area contributed by atoms with E-state index in [1.54, 1.807) is 0 Å². The lowest BCUT2D eigenvalue weighted by atomic mass is 9.90. The van der Waals surface area contributed by atoms with Crippen molar-refractivity contribution < 1.29 is 9.47 Å². The Morgan fingerprint density at radius 3 is 2.58 bits per heavy atom. The van der Waals surface area contributed by atoms with Gasteiger partial charge in [-0.25, -0.2) is 0 Å². The van der Waals surface area contributed by atoms with Gasteiger partial charge in [0.15, 0.2) is 5.79 Å². The molecule has 1 saturated heterocycles. The van der Waals surface area contributed by atoms with Gasteiger partial charge in [-0.15, -0.1) is 0 Å². The molecule has 2 aliphatic rings. The van der Waals surface area contributed by atoms with E-state index in [1.165, 1.54) is 5.56 Å². The summed E-state index contributed by atoms with van der Waals surface area (Å²) in [5.74, 6) is -0.0216. The van der Waals surface area contributed by atoms with E-state index in [-0.39, 0.29) is 0 Å². The van der Waals surface area contributed by atoms with E-state index >= 15 is 0 Å². The minimum absolute atomic E-state index is 0.457. The molecule has 0 spiro atoms. The summed E-state index contributed by atoms with van der Waals surface area (Å²) in [6.45, 7) is 5.36. The summed E-state index contributed by atoms with van der Waals surface area (Å²) in [6, 6.07) is 5.93. The van der Waals surface area contributed by atoms with Crippen LogP contribution in [0, 0.1) is 5.92 Å². The predicted molar refractivity (Wildman–Crippen MR) is 75.0 cm³/mol. The molecule has 1 fully saturated rings. The van der Waals surface area contributed by atoms with Crippen molar-refractivity contribution in [1.82, 2.24) is 5.32 Å². The fourth-order valence-corrected chi connectivity index (χ4v) is 3.13. The van der Waals surface area contributed by atoms with Gasteiger partial charge in [0.1, 0.15) is 0 Å². The average molecular weight is 282 g/mol. The van der Waals surface area contributed by atoms with Crippen LogP contribution in [0.5, 0.6) is 0 Å². The molecule has 0 aromatic heterocycles. The van der Waals surface area contributed by atoms with Crippen molar-refractivity contribution in [3.05, 3.63) is 34.3 Å². The molecule has 1 N–H and O–H groups in total. The van der Waals surface area contributed by atoms with Crippen LogP contribution >= 0.6 is 11.6 Å². The molecule has 104 valence electrons. The summed E-state index contributed by atoms with van der Waals surface area (Å²) in [5.41, 5.74) is 2.33. The second kappa shape index (κ2) is 5.41. The average Bonchev–Trinajstić information content (AvgIpc) is 2.61. The van der Waals surface area contributed by atoms with Gasteiger partial charge in [-0.3, -0.25) is 0 Å². The van der Waals surface area contributed by atoms with Crippen LogP contribution in [0.4, 0.5) is 0 Å². The lowest BCUT2D eigenvalue weighted by Crippen LogP contribution is -2.44. The van der Waals surface area contributed by atoms with E-state index in [0.717, 1.165) is 36.5 Å². The molecule has 2 heterocycles. The monoisotopic (exact) mass is 281 g/mol. The third-order valence-electron chi connectivity index (χ3n) is 4.28. The summed E-state index contributed by atoms with van der Waals surface area (Å²) in [6.07, 6.45) is 2.21. The summed E-state index contributed by atoms with van der Waals surface area (Å²) < 4.78 is 12.2. The lowest BCUT2D eigenvalue weighted by molar-refractivity contribution is -0.265. The Hall–Kier alpha value is -0.610. The number of benzene rings is 1. The van der Waals surface area contributed by atoms with Crippen LogP contribution in [0.25, 0.3) is 0 Å². The van der Waals surface area contributed by atoms with E-state index in [2.05, 4.69) is 12.2 Å². The molecule has 3 nitrogen and oxygen atoms in total. The normalized spacial score (nSPS) is 28.7. The van der Waals surface area contributed by atoms with E-state index in [4.69, 9.17) is 21.1 Å². The van der Waals surface area contributed by atoms with Crippen molar-refractivity contribution in [3.63, 3.8) is 0 Å². The van der Waals surface area contributed by atoms with Crippen molar-refractivity contribution >= 4 is 11.6 Å². The van der Waals surface area contributed by atoms with Crippen LogP contribution in [-0.4, -0.2) is 18.9 Å². The first-order valence-corrected chi connectivity index (χ1v) is 7.31. The molecule has 0 aliphatic carbocycles. The van der Waals surface area contributed by atoms with Gasteiger partial charge in [0.25, 0.3) is 0 Å². The molecule has 1 aromatic rings. The number of ether oxygens (including phenoxy) is 2. The molecule has 19 heavy (non-hydrogen) atoms. The first-order valence-electron chi connectivity index (χ1n) is 6.93. The first kappa shape index (κ1) is 13.4. The second-order valence-corrected chi connectivity index (χ2v) is 5.97. The summed E-state index contributed by atoms with van der Waals surface area (Å²) in [7, 11) is 0. The predicted octanol–water partition coefficient (Wildman–Crippen LogP) is 3.10. The zero-order chi connectivity index (χ0) is 13.3. The van der Waals surface area contributed by atoms with Crippen LogP contribution < -0.4 is 5.32 Å². The van der Waals surface area contributed by atoms with Gasteiger partial charge < -0.3 is 14.8 Å². The number of hydrogen-bond donors (Lipinski definition) is 1. The van der Waals surface area contributed by atoms with Crippen LogP contribution in [-0.2, 0) is 22.7 Å². The maximum absolute atomic E-state index is 6.10. The largest absolute Gasteiger partial charge is 0.345 e. The molecule has 0 bridgehead atoms. The van der Waals surface area contributed by atoms with Crippen molar-refractivity contribution in [2.75, 3.05) is 13.1 Å². The Balaban J connectivity index is 1.78. The molecule has 1 unspecified atom stereocenters. The Kier molecular flexibility index (Phi) is 3.81. The number of hydrogen-bond acceptors (Lipinski definition) is 3. The number of rotatable bonds is 1. The Morgan fingerprint density at radius 1 is 1.16 bits per heavy atom. The fraction of sp³-hybridized carbons (Fsp3) is 0.600. The van der Waals surface area contributed by atoms with Gasteiger partial charge >= 0.3 is 0 Å². The standard InChI is InChI=1S/C15H20ClNO2/c1-15(13-4-6-17-7-5-13)18-9-11-2-3-14(16)8-12(11)10-19-15/h2-3,8,13,17H,4-7,9-10H2,1H3. The first-order chi connectivity index (χ1) is 9.17. The molecular formula is C15H20ClNO2. The SMILES string of the molecule is CC1(C2CCNCC2)OCc2ccc(Cl)cc2CO1. The van der Waals surface area contributed by atoms with Gasteiger partial charge in [0, 0.05) is 10.9 Å². The summed E-state index contributed by atoms with van der Waals surface area (Å²) >= 11 is 6.05. The number of halogens is 1. The van der Waals surface area contributed by atoms with Crippen molar-refractivity contribution in [2.24, 2.45) is 5.92 Å². The molecule has 3 rings (SSSR count). The maximum Gasteiger partial charge on any atom is 0.169 e. The zero-order valence-electron chi connectivity index (χ0n) is 11.2. The van der Waals surface area contributed by atoms with Crippen LogP contribution in [0.3, 0.4) is 0 Å². The zero-order valence-corrected chi connectivity index (χ0v) is 12.0. The van der Waals surface area contributed by atoms with Gasteiger partial charge in [-0.05, 0) is 56.1 Å². The Labute approximate surface area is 119 Å². The van der Waals surface area contributed by atoms with Gasteiger partial charge in [-0.1, -0.05) is 17.7 Å².